The summed E-state index contributed by atoms with van der Waals surface area (Å²) in [7, 11) is -2.99. The van der Waals surface area contributed by atoms with Crippen molar-refractivity contribution in [1.29, 1.82) is 0 Å². The normalized spacial score (nSPS) is 28.0. The number of nitrogens with one attached hydrogen (secondary N) is 1. The molecule has 2 amide bonds. The van der Waals surface area contributed by atoms with Crippen LogP contribution in [0.3, 0.4) is 0 Å². The van der Waals surface area contributed by atoms with Crippen molar-refractivity contribution in [3.63, 3.8) is 0 Å². The van der Waals surface area contributed by atoms with Crippen LogP contribution in [0.5, 0.6) is 0 Å². The topological polar surface area (TPSA) is 83.6 Å². The van der Waals surface area contributed by atoms with E-state index >= 15 is 0 Å². The molecule has 2 aliphatic rings. The molecule has 1 N–H and O–H groups in total. The molecule has 2 rings (SSSR count). The molecule has 0 spiro atoms. The number of hydrogen-bond donors (Lipinski definition) is 1. The lowest BCUT2D eigenvalue weighted by atomic mass is 10.1. The Hall–Kier alpha value is -1.11. The standard InChI is InChI=1S/C14H24N2O4S/c1-2-3-4-6-16-9-11(8-13(16)17)14(18)15-12-5-7-21(19,20)10-12/h11-12H,2-10H2,1H3,(H,15,18). The van der Waals surface area contributed by atoms with Crippen molar-refractivity contribution in [3.05, 3.63) is 0 Å². The molecule has 0 aliphatic carbocycles. The highest BCUT2D eigenvalue weighted by molar-refractivity contribution is 7.91. The minimum absolute atomic E-state index is 0.0274. The predicted molar refractivity (Wildman–Crippen MR) is 79.4 cm³/mol. The molecule has 0 saturated carbocycles. The van der Waals surface area contributed by atoms with Gasteiger partial charge in [0.1, 0.15) is 0 Å². The molecular weight excluding hydrogens is 292 g/mol. The molecule has 0 aromatic carbocycles. The van der Waals surface area contributed by atoms with Gasteiger partial charge in [0.05, 0.1) is 17.4 Å². The van der Waals surface area contributed by atoms with Crippen molar-refractivity contribution in [2.75, 3.05) is 24.6 Å². The van der Waals surface area contributed by atoms with Gasteiger partial charge in [0.25, 0.3) is 0 Å². The molecule has 0 bridgehead atoms. The molecule has 0 aromatic heterocycles. The molecule has 0 radical (unpaired) electrons. The van der Waals surface area contributed by atoms with Gasteiger partial charge in [-0.25, -0.2) is 8.42 Å². The van der Waals surface area contributed by atoms with Crippen LogP contribution in [-0.2, 0) is 19.4 Å². The smallest absolute Gasteiger partial charge is 0.225 e. The molecule has 2 atom stereocenters. The summed E-state index contributed by atoms with van der Waals surface area (Å²) in [6.07, 6.45) is 3.88. The van der Waals surface area contributed by atoms with Gasteiger partial charge in [0.15, 0.2) is 9.84 Å². The number of unbranched alkanes of at least 4 members (excludes halogenated alkanes) is 2. The van der Waals surface area contributed by atoms with E-state index in [0.29, 0.717) is 19.5 Å². The van der Waals surface area contributed by atoms with Gasteiger partial charge in [0, 0.05) is 25.6 Å². The number of carbonyl (C=O) groups excluding carboxylic acids is 2. The summed E-state index contributed by atoms with van der Waals surface area (Å²) < 4.78 is 22.8. The number of likely N-dealkylation sites (tertiary alicyclic amines) is 1. The predicted octanol–water partition coefficient (Wildman–Crippen LogP) is 0.328. The van der Waals surface area contributed by atoms with Crippen molar-refractivity contribution in [2.24, 2.45) is 5.92 Å². The Balaban J connectivity index is 1.80. The highest BCUT2D eigenvalue weighted by atomic mass is 32.2. The SMILES string of the molecule is CCCCCN1CC(C(=O)NC2CCS(=O)(=O)C2)CC1=O. The second kappa shape index (κ2) is 6.77. The molecule has 120 valence electrons. The van der Waals surface area contributed by atoms with Gasteiger partial charge in [-0.05, 0) is 12.8 Å². The monoisotopic (exact) mass is 316 g/mol. The Kier molecular flexibility index (Phi) is 5.24. The number of carbonyl (C=O) groups is 2. The van der Waals surface area contributed by atoms with Crippen molar-refractivity contribution in [3.8, 4) is 0 Å². The lowest BCUT2D eigenvalue weighted by Gasteiger charge is -2.17. The van der Waals surface area contributed by atoms with Gasteiger partial charge in [-0.3, -0.25) is 9.59 Å². The summed E-state index contributed by atoms with van der Waals surface area (Å²) in [4.78, 5) is 25.8. The first-order valence-electron chi connectivity index (χ1n) is 7.70. The molecule has 7 heteroatoms. The fraction of sp³-hybridized carbons (Fsp3) is 0.857. The number of amides is 2. The zero-order valence-corrected chi connectivity index (χ0v) is 13.3. The Morgan fingerprint density at radius 1 is 1.38 bits per heavy atom. The van der Waals surface area contributed by atoms with E-state index in [9.17, 15) is 18.0 Å². The molecular formula is C14H24N2O4S. The number of nitrogens with zero attached hydrogens (tertiary/aromatic N) is 1. The molecule has 2 fully saturated rings. The van der Waals surface area contributed by atoms with E-state index in [2.05, 4.69) is 12.2 Å². The van der Waals surface area contributed by atoms with Crippen molar-refractivity contribution in [1.82, 2.24) is 10.2 Å². The van der Waals surface area contributed by atoms with Gasteiger partial charge in [-0.2, -0.15) is 0 Å². The average Bonchev–Trinajstić information content (AvgIpc) is 2.93. The van der Waals surface area contributed by atoms with Crippen LogP contribution in [0.4, 0.5) is 0 Å². The lowest BCUT2D eigenvalue weighted by Crippen LogP contribution is -2.40. The second-order valence-electron chi connectivity index (χ2n) is 6.06. The Bertz CT molecular complexity index is 503. The van der Waals surface area contributed by atoms with Crippen LogP contribution in [0, 0.1) is 5.92 Å². The minimum atomic E-state index is -2.99. The molecule has 6 nitrogen and oxygen atoms in total. The number of rotatable bonds is 6. The summed E-state index contributed by atoms with van der Waals surface area (Å²) in [6, 6.07) is -0.285. The molecule has 2 unspecified atom stereocenters. The summed E-state index contributed by atoms with van der Waals surface area (Å²) >= 11 is 0. The van der Waals surface area contributed by atoms with Crippen LogP contribution in [0.25, 0.3) is 0 Å². The van der Waals surface area contributed by atoms with E-state index < -0.39 is 9.84 Å². The van der Waals surface area contributed by atoms with Gasteiger partial charge < -0.3 is 10.2 Å². The third-order valence-electron chi connectivity index (χ3n) is 4.20. The van der Waals surface area contributed by atoms with Gasteiger partial charge in [-0.1, -0.05) is 19.8 Å². The summed E-state index contributed by atoms with van der Waals surface area (Å²) in [6.45, 7) is 3.29. The van der Waals surface area contributed by atoms with Crippen LogP contribution < -0.4 is 5.32 Å². The van der Waals surface area contributed by atoms with E-state index in [4.69, 9.17) is 0 Å². The summed E-state index contributed by atoms with van der Waals surface area (Å²) in [5, 5.41) is 2.79. The van der Waals surface area contributed by atoms with Crippen molar-refractivity contribution in [2.45, 2.75) is 45.1 Å². The Labute approximate surface area is 126 Å². The molecule has 2 aliphatic heterocycles. The summed E-state index contributed by atoms with van der Waals surface area (Å²) in [5.41, 5.74) is 0. The fourth-order valence-electron chi connectivity index (χ4n) is 2.94. The minimum Gasteiger partial charge on any atom is -0.352 e. The maximum atomic E-state index is 12.1. The van der Waals surface area contributed by atoms with Crippen LogP contribution >= 0.6 is 0 Å². The van der Waals surface area contributed by atoms with E-state index in [1.807, 2.05) is 0 Å². The van der Waals surface area contributed by atoms with E-state index in [1.165, 1.54) is 0 Å². The van der Waals surface area contributed by atoms with Crippen LogP contribution in [0.15, 0.2) is 0 Å². The van der Waals surface area contributed by atoms with Crippen LogP contribution in [0.1, 0.15) is 39.0 Å². The number of sulfone groups is 1. The lowest BCUT2D eigenvalue weighted by molar-refractivity contribution is -0.129. The summed E-state index contributed by atoms with van der Waals surface area (Å²) in [5.74, 6) is -0.305. The molecule has 21 heavy (non-hydrogen) atoms. The maximum Gasteiger partial charge on any atom is 0.225 e. The fourth-order valence-corrected chi connectivity index (χ4v) is 4.62. The third kappa shape index (κ3) is 4.43. The molecule has 2 heterocycles. The van der Waals surface area contributed by atoms with E-state index in [1.54, 1.807) is 4.90 Å². The zero-order chi connectivity index (χ0) is 15.5. The first kappa shape index (κ1) is 16.3. The molecule has 0 aromatic rings. The molecule has 2 saturated heterocycles. The quantitative estimate of drug-likeness (QED) is 0.716. The zero-order valence-electron chi connectivity index (χ0n) is 12.5. The highest BCUT2D eigenvalue weighted by Crippen LogP contribution is 2.20. The van der Waals surface area contributed by atoms with Crippen molar-refractivity contribution >= 4 is 21.7 Å². The first-order chi connectivity index (χ1) is 9.91. The van der Waals surface area contributed by atoms with Gasteiger partial charge in [-0.15, -0.1) is 0 Å². The second-order valence-corrected chi connectivity index (χ2v) is 8.29. The maximum absolute atomic E-state index is 12.1. The first-order valence-corrected chi connectivity index (χ1v) is 9.52. The largest absolute Gasteiger partial charge is 0.352 e. The Morgan fingerprint density at radius 2 is 2.14 bits per heavy atom. The van der Waals surface area contributed by atoms with E-state index in [0.717, 1.165) is 19.3 Å². The highest BCUT2D eigenvalue weighted by Gasteiger charge is 2.36. The van der Waals surface area contributed by atoms with Crippen molar-refractivity contribution < 1.29 is 18.0 Å². The van der Waals surface area contributed by atoms with Crippen LogP contribution in [-0.4, -0.2) is 55.8 Å². The average molecular weight is 316 g/mol. The van der Waals surface area contributed by atoms with Gasteiger partial charge >= 0.3 is 0 Å². The van der Waals surface area contributed by atoms with E-state index in [-0.39, 0.29) is 41.7 Å². The number of hydrogen-bond acceptors (Lipinski definition) is 4. The van der Waals surface area contributed by atoms with Crippen LogP contribution in [0.2, 0.25) is 0 Å². The third-order valence-corrected chi connectivity index (χ3v) is 5.96. The van der Waals surface area contributed by atoms with Gasteiger partial charge in [0.2, 0.25) is 11.8 Å². The Morgan fingerprint density at radius 3 is 2.76 bits per heavy atom.